The van der Waals surface area contributed by atoms with Gasteiger partial charge in [0.05, 0.1) is 16.8 Å². The first-order valence-corrected chi connectivity index (χ1v) is 8.20. The summed E-state index contributed by atoms with van der Waals surface area (Å²) in [5.74, 6) is 0.435. The Balaban J connectivity index is 1.94. The Kier molecular flexibility index (Phi) is 3.85. The first-order chi connectivity index (χ1) is 10.6. The van der Waals surface area contributed by atoms with E-state index < -0.39 is 11.0 Å². The topological polar surface area (TPSA) is 64.2 Å². The van der Waals surface area contributed by atoms with E-state index in [-0.39, 0.29) is 0 Å². The molecule has 6 heteroatoms. The van der Waals surface area contributed by atoms with Crippen molar-refractivity contribution in [3.63, 3.8) is 0 Å². The van der Waals surface area contributed by atoms with E-state index in [2.05, 4.69) is 4.98 Å². The molecule has 0 fully saturated rings. The van der Waals surface area contributed by atoms with E-state index in [1.807, 2.05) is 49.3 Å². The molecule has 1 atom stereocenters. The average molecular weight is 314 g/mol. The summed E-state index contributed by atoms with van der Waals surface area (Å²) in [6.45, 7) is 0. The number of benzene rings is 2. The molecule has 1 heterocycles. The Hall–Kier alpha value is -2.34. The monoisotopic (exact) mass is 314 g/mol. The minimum Gasteiger partial charge on any atom is -0.399 e. The van der Waals surface area contributed by atoms with Crippen molar-refractivity contribution in [3.8, 4) is 0 Å². The van der Waals surface area contributed by atoms with Crippen LogP contribution >= 0.6 is 0 Å². The molecule has 0 radical (unpaired) electrons. The number of hydrogen-bond donors (Lipinski definition) is 1. The molecule has 5 nitrogen and oxygen atoms in total. The maximum Gasteiger partial charge on any atom is 0.129 e. The van der Waals surface area contributed by atoms with Gasteiger partial charge >= 0.3 is 0 Å². The third-order valence-corrected chi connectivity index (χ3v) is 4.80. The van der Waals surface area contributed by atoms with Crippen molar-refractivity contribution in [1.29, 1.82) is 0 Å². The standard InChI is InChI=1S/C16H18N4OS/c1-19(2)15-6-4-3-5-12(15)10-22(21)20-11-18-14-9-13(17)7-8-16(14)20/h3-9,11H,10,17H2,1-2H3. The average Bonchev–Trinajstić information content (AvgIpc) is 2.90. The summed E-state index contributed by atoms with van der Waals surface area (Å²) in [7, 11) is 2.74. The second-order valence-electron chi connectivity index (χ2n) is 5.31. The zero-order valence-electron chi connectivity index (χ0n) is 12.6. The van der Waals surface area contributed by atoms with Crippen molar-refractivity contribution < 1.29 is 4.21 Å². The maximum atomic E-state index is 12.7. The van der Waals surface area contributed by atoms with Crippen LogP contribution in [-0.2, 0) is 16.7 Å². The van der Waals surface area contributed by atoms with E-state index in [0.29, 0.717) is 11.4 Å². The molecule has 0 saturated heterocycles. The lowest BCUT2D eigenvalue weighted by atomic mass is 10.2. The van der Waals surface area contributed by atoms with Gasteiger partial charge in [-0.25, -0.2) is 13.2 Å². The number of aromatic nitrogens is 2. The molecule has 2 aromatic carbocycles. The van der Waals surface area contributed by atoms with Crippen LogP contribution in [0.3, 0.4) is 0 Å². The highest BCUT2D eigenvalue weighted by molar-refractivity contribution is 7.82. The van der Waals surface area contributed by atoms with E-state index in [1.54, 1.807) is 22.4 Å². The van der Waals surface area contributed by atoms with Crippen molar-refractivity contribution in [2.24, 2.45) is 0 Å². The normalized spacial score (nSPS) is 12.5. The second kappa shape index (κ2) is 5.81. The van der Waals surface area contributed by atoms with Crippen LogP contribution in [0.2, 0.25) is 0 Å². The highest BCUT2D eigenvalue weighted by atomic mass is 32.2. The van der Waals surface area contributed by atoms with E-state index in [9.17, 15) is 4.21 Å². The number of nitrogens with two attached hydrogens (primary N) is 1. The van der Waals surface area contributed by atoms with Gasteiger partial charge in [-0.05, 0) is 29.8 Å². The number of hydrogen-bond acceptors (Lipinski definition) is 4. The Morgan fingerprint density at radius 3 is 2.77 bits per heavy atom. The van der Waals surface area contributed by atoms with Crippen LogP contribution in [0, 0.1) is 0 Å². The summed E-state index contributed by atoms with van der Waals surface area (Å²) in [4.78, 5) is 6.31. The van der Waals surface area contributed by atoms with E-state index in [0.717, 1.165) is 22.3 Å². The minimum absolute atomic E-state index is 0.435. The fraction of sp³-hybridized carbons (Fsp3) is 0.188. The van der Waals surface area contributed by atoms with Crippen molar-refractivity contribution in [2.75, 3.05) is 24.7 Å². The van der Waals surface area contributed by atoms with Crippen LogP contribution in [0.4, 0.5) is 11.4 Å². The summed E-state index contributed by atoms with van der Waals surface area (Å²) in [5.41, 5.74) is 10.1. The number of anilines is 2. The summed E-state index contributed by atoms with van der Waals surface area (Å²) in [5, 5.41) is 0. The van der Waals surface area contributed by atoms with Crippen LogP contribution in [0.1, 0.15) is 5.56 Å². The number of fused-ring (bicyclic) bond motifs is 1. The molecular formula is C16H18N4OS. The lowest BCUT2D eigenvalue weighted by Gasteiger charge is -2.17. The summed E-state index contributed by atoms with van der Waals surface area (Å²) >= 11 is 0. The molecule has 0 aliphatic rings. The van der Waals surface area contributed by atoms with Crippen LogP contribution in [0.5, 0.6) is 0 Å². The lowest BCUT2D eigenvalue weighted by molar-refractivity contribution is 0.677. The summed E-state index contributed by atoms with van der Waals surface area (Å²) < 4.78 is 14.4. The molecule has 0 saturated carbocycles. The molecule has 0 aliphatic carbocycles. The van der Waals surface area contributed by atoms with E-state index >= 15 is 0 Å². The fourth-order valence-corrected chi connectivity index (χ4v) is 3.62. The van der Waals surface area contributed by atoms with Gasteiger partial charge in [0.25, 0.3) is 0 Å². The molecule has 2 N–H and O–H groups in total. The quantitative estimate of drug-likeness (QED) is 0.751. The minimum atomic E-state index is -1.22. The van der Waals surface area contributed by atoms with E-state index in [4.69, 9.17) is 5.73 Å². The zero-order chi connectivity index (χ0) is 15.7. The molecule has 0 spiro atoms. The van der Waals surface area contributed by atoms with Gasteiger partial charge in [0.2, 0.25) is 0 Å². The largest absolute Gasteiger partial charge is 0.399 e. The molecule has 1 unspecified atom stereocenters. The Bertz CT molecular complexity index is 841. The van der Waals surface area contributed by atoms with Gasteiger partial charge in [-0.1, -0.05) is 18.2 Å². The SMILES string of the molecule is CN(C)c1ccccc1CS(=O)n1cnc2cc(N)ccc21. The van der Waals surface area contributed by atoms with Crippen LogP contribution < -0.4 is 10.6 Å². The molecule has 22 heavy (non-hydrogen) atoms. The van der Waals surface area contributed by atoms with Crippen molar-refractivity contribution >= 4 is 33.4 Å². The highest BCUT2D eigenvalue weighted by Gasteiger charge is 2.12. The highest BCUT2D eigenvalue weighted by Crippen LogP contribution is 2.22. The van der Waals surface area contributed by atoms with Gasteiger partial charge in [-0.3, -0.25) is 0 Å². The Morgan fingerprint density at radius 1 is 1.23 bits per heavy atom. The molecule has 1 aromatic heterocycles. The van der Waals surface area contributed by atoms with Crippen molar-refractivity contribution in [2.45, 2.75) is 5.75 Å². The Morgan fingerprint density at radius 2 is 2.00 bits per heavy atom. The first-order valence-electron chi connectivity index (χ1n) is 6.93. The molecular weight excluding hydrogens is 296 g/mol. The first kappa shape index (κ1) is 14.6. The van der Waals surface area contributed by atoms with Gasteiger partial charge in [0.15, 0.2) is 0 Å². The zero-order valence-corrected chi connectivity index (χ0v) is 13.4. The maximum absolute atomic E-state index is 12.7. The lowest BCUT2D eigenvalue weighted by Crippen LogP contribution is -2.13. The number of rotatable bonds is 4. The summed E-state index contributed by atoms with van der Waals surface area (Å²) in [6.07, 6.45) is 1.61. The van der Waals surface area contributed by atoms with Gasteiger partial charge in [0, 0.05) is 25.5 Å². The molecule has 114 valence electrons. The smallest absolute Gasteiger partial charge is 0.129 e. The van der Waals surface area contributed by atoms with Crippen molar-refractivity contribution in [3.05, 3.63) is 54.4 Å². The fourth-order valence-electron chi connectivity index (χ4n) is 2.44. The number of nitrogen functional groups attached to an aromatic ring is 1. The van der Waals surface area contributed by atoms with Crippen molar-refractivity contribution in [1.82, 2.24) is 8.96 Å². The van der Waals surface area contributed by atoms with E-state index in [1.165, 1.54) is 0 Å². The predicted molar refractivity (Wildman–Crippen MR) is 92.2 cm³/mol. The number of imidazole rings is 1. The van der Waals surface area contributed by atoms with Gasteiger partial charge in [-0.15, -0.1) is 0 Å². The van der Waals surface area contributed by atoms with Crippen LogP contribution in [0.25, 0.3) is 11.0 Å². The summed E-state index contributed by atoms with van der Waals surface area (Å²) in [6, 6.07) is 13.4. The molecule has 3 aromatic rings. The molecule has 0 aliphatic heterocycles. The third-order valence-electron chi connectivity index (χ3n) is 3.51. The van der Waals surface area contributed by atoms with Gasteiger partial charge in [-0.2, -0.15) is 0 Å². The number of nitrogens with zero attached hydrogens (tertiary/aromatic N) is 3. The molecule has 3 rings (SSSR count). The third kappa shape index (κ3) is 2.69. The van der Waals surface area contributed by atoms with Crippen LogP contribution in [-0.4, -0.2) is 27.3 Å². The van der Waals surface area contributed by atoms with Gasteiger partial charge in [0.1, 0.15) is 17.3 Å². The number of para-hydroxylation sites is 1. The van der Waals surface area contributed by atoms with Gasteiger partial charge < -0.3 is 10.6 Å². The second-order valence-corrected chi connectivity index (χ2v) is 6.63. The van der Waals surface area contributed by atoms with Crippen LogP contribution in [0.15, 0.2) is 48.8 Å². The molecule has 0 amide bonds. The predicted octanol–water partition coefficient (Wildman–Crippen LogP) is 2.40. The molecule has 0 bridgehead atoms. The Labute approximate surface area is 132 Å².